The first-order valence-electron chi connectivity index (χ1n) is 6.65. The monoisotopic (exact) mass is 309 g/mol. The van der Waals surface area contributed by atoms with Crippen LogP contribution in [0.15, 0.2) is 35.4 Å². The van der Waals surface area contributed by atoms with Gasteiger partial charge in [0.1, 0.15) is 10.6 Å². The Bertz CT molecular complexity index is 708. The molecule has 1 aromatic heterocycles. The predicted molar refractivity (Wildman–Crippen MR) is 80.9 cm³/mol. The Kier molecular flexibility index (Phi) is 4.52. The molecule has 0 radical (unpaired) electrons. The molecule has 6 nitrogen and oxygen atoms in total. The minimum atomic E-state index is -3.69. The summed E-state index contributed by atoms with van der Waals surface area (Å²) in [6, 6.07) is 6.96. The molecule has 2 aromatic rings. The van der Waals surface area contributed by atoms with Crippen molar-refractivity contribution in [2.45, 2.75) is 25.7 Å². The lowest BCUT2D eigenvalue weighted by Crippen LogP contribution is -2.15. The minimum absolute atomic E-state index is 0.126. The van der Waals surface area contributed by atoms with E-state index in [1.807, 2.05) is 13.8 Å². The summed E-state index contributed by atoms with van der Waals surface area (Å²) in [5.74, 6) is 0.863. The summed E-state index contributed by atoms with van der Waals surface area (Å²) in [6.07, 6.45) is 1.29. The average Bonchev–Trinajstić information content (AvgIpc) is 2.84. The van der Waals surface area contributed by atoms with Gasteiger partial charge < -0.3 is 4.74 Å². The van der Waals surface area contributed by atoms with Crippen LogP contribution in [0, 0.1) is 12.8 Å². The number of rotatable bonds is 6. The van der Waals surface area contributed by atoms with Crippen LogP contribution < -0.4 is 9.46 Å². The van der Waals surface area contributed by atoms with Crippen LogP contribution in [0.2, 0.25) is 0 Å². The van der Waals surface area contributed by atoms with Crippen LogP contribution >= 0.6 is 0 Å². The molecule has 0 aliphatic rings. The molecular formula is C14H19N3O3S. The maximum absolute atomic E-state index is 12.3. The molecule has 0 amide bonds. The molecule has 1 heterocycles. The van der Waals surface area contributed by atoms with Gasteiger partial charge >= 0.3 is 0 Å². The maximum Gasteiger partial charge on any atom is 0.265 e. The normalized spacial score (nSPS) is 11.6. The zero-order chi connectivity index (χ0) is 15.5. The number of sulfonamides is 1. The number of nitrogens with zero attached hydrogens (tertiary/aromatic N) is 1. The lowest BCUT2D eigenvalue weighted by atomic mass is 10.2. The highest BCUT2D eigenvalue weighted by molar-refractivity contribution is 7.92. The van der Waals surface area contributed by atoms with Gasteiger partial charge in [0, 0.05) is 0 Å². The third kappa shape index (κ3) is 3.75. The van der Waals surface area contributed by atoms with E-state index in [9.17, 15) is 8.42 Å². The number of aryl methyl sites for hydroxylation is 1. The first-order valence-corrected chi connectivity index (χ1v) is 8.13. The quantitative estimate of drug-likeness (QED) is 0.859. The van der Waals surface area contributed by atoms with Crippen LogP contribution in [0.3, 0.4) is 0 Å². The molecule has 0 bridgehead atoms. The van der Waals surface area contributed by atoms with Crippen molar-refractivity contribution in [3.63, 3.8) is 0 Å². The van der Waals surface area contributed by atoms with Crippen molar-refractivity contribution in [3.8, 4) is 5.75 Å². The third-order valence-electron chi connectivity index (χ3n) is 2.78. The Hall–Kier alpha value is -2.02. The maximum atomic E-state index is 12.3. The number of nitrogens with one attached hydrogen (secondary N) is 2. The fourth-order valence-electron chi connectivity index (χ4n) is 1.74. The molecule has 21 heavy (non-hydrogen) atoms. The van der Waals surface area contributed by atoms with E-state index in [0.717, 1.165) is 0 Å². The van der Waals surface area contributed by atoms with Gasteiger partial charge in [-0.15, -0.1) is 0 Å². The van der Waals surface area contributed by atoms with Gasteiger partial charge in [-0.3, -0.25) is 9.82 Å². The molecule has 0 saturated carbocycles. The fraction of sp³-hybridized carbons (Fsp3) is 0.357. The first-order chi connectivity index (χ1) is 9.90. The number of benzene rings is 1. The summed E-state index contributed by atoms with van der Waals surface area (Å²) in [4.78, 5) is 0.126. The highest BCUT2D eigenvalue weighted by Crippen LogP contribution is 2.27. The molecule has 2 rings (SSSR count). The Morgan fingerprint density at radius 3 is 2.67 bits per heavy atom. The predicted octanol–water partition coefficient (Wildman–Crippen LogP) is 2.55. The summed E-state index contributed by atoms with van der Waals surface area (Å²) in [7, 11) is -3.69. The summed E-state index contributed by atoms with van der Waals surface area (Å²) in [5, 5.41) is 6.35. The lowest BCUT2D eigenvalue weighted by Gasteiger charge is -2.14. The molecule has 2 N–H and O–H groups in total. The molecule has 0 aliphatic heterocycles. The van der Waals surface area contributed by atoms with Crippen molar-refractivity contribution < 1.29 is 13.2 Å². The Morgan fingerprint density at radius 2 is 2.05 bits per heavy atom. The van der Waals surface area contributed by atoms with Crippen LogP contribution in [0.5, 0.6) is 5.75 Å². The molecule has 0 atom stereocenters. The zero-order valence-electron chi connectivity index (χ0n) is 12.3. The van der Waals surface area contributed by atoms with Crippen molar-refractivity contribution in [2.24, 2.45) is 5.92 Å². The number of hydrogen-bond donors (Lipinski definition) is 2. The molecule has 0 saturated heterocycles. The van der Waals surface area contributed by atoms with Crippen LogP contribution in [0.25, 0.3) is 0 Å². The molecule has 7 heteroatoms. The smallest absolute Gasteiger partial charge is 0.265 e. The average molecular weight is 309 g/mol. The Labute approximate surface area is 124 Å². The van der Waals surface area contributed by atoms with Crippen LogP contribution in [0.1, 0.15) is 19.5 Å². The van der Waals surface area contributed by atoms with Crippen molar-refractivity contribution in [1.29, 1.82) is 0 Å². The van der Waals surface area contributed by atoms with E-state index in [0.29, 0.717) is 29.7 Å². The van der Waals surface area contributed by atoms with Crippen molar-refractivity contribution in [3.05, 3.63) is 36.2 Å². The standard InChI is InChI=1S/C14H19N3O3S/c1-10(2)9-20-13-7-5-4-6-12(13)17-21(18,19)14-8-15-16-11(14)3/h4-8,10,17H,9H2,1-3H3,(H,15,16). The number of ether oxygens (including phenoxy) is 1. The Balaban J connectivity index is 2.25. The van der Waals surface area contributed by atoms with E-state index in [4.69, 9.17) is 4.74 Å². The number of H-pyrrole nitrogens is 1. The van der Waals surface area contributed by atoms with E-state index in [2.05, 4.69) is 14.9 Å². The molecular weight excluding hydrogens is 290 g/mol. The minimum Gasteiger partial charge on any atom is -0.491 e. The van der Waals surface area contributed by atoms with Gasteiger partial charge in [-0.1, -0.05) is 26.0 Å². The molecule has 0 spiro atoms. The topological polar surface area (TPSA) is 84.1 Å². The van der Waals surface area contributed by atoms with Crippen LogP contribution in [-0.4, -0.2) is 25.2 Å². The number of aromatic amines is 1. The van der Waals surface area contributed by atoms with Gasteiger partial charge in [-0.2, -0.15) is 5.10 Å². The van der Waals surface area contributed by atoms with Crippen LogP contribution in [-0.2, 0) is 10.0 Å². The number of anilines is 1. The fourth-order valence-corrected chi connectivity index (χ4v) is 2.95. The van der Waals surface area contributed by atoms with E-state index in [1.165, 1.54) is 6.20 Å². The van der Waals surface area contributed by atoms with E-state index >= 15 is 0 Å². The van der Waals surface area contributed by atoms with Crippen LogP contribution in [0.4, 0.5) is 5.69 Å². The second kappa shape index (κ2) is 6.17. The lowest BCUT2D eigenvalue weighted by molar-refractivity contribution is 0.272. The molecule has 0 unspecified atom stereocenters. The second-order valence-corrected chi connectivity index (χ2v) is 6.82. The zero-order valence-corrected chi connectivity index (χ0v) is 13.1. The van der Waals surface area contributed by atoms with Gasteiger partial charge in [0.25, 0.3) is 10.0 Å². The van der Waals surface area contributed by atoms with Gasteiger partial charge in [0.15, 0.2) is 0 Å². The summed E-state index contributed by atoms with van der Waals surface area (Å²) in [6.45, 7) is 6.23. The SMILES string of the molecule is Cc1[nH]ncc1S(=O)(=O)Nc1ccccc1OCC(C)C. The molecule has 0 fully saturated rings. The van der Waals surface area contributed by atoms with Gasteiger partial charge in [-0.25, -0.2) is 8.42 Å². The summed E-state index contributed by atoms with van der Waals surface area (Å²) >= 11 is 0. The Morgan fingerprint density at radius 1 is 1.33 bits per heavy atom. The van der Waals surface area contributed by atoms with E-state index < -0.39 is 10.0 Å². The van der Waals surface area contributed by atoms with Crippen molar-refractivity contribution >= 4 is 15.7 Å². The number of aromatic nitrogens is 2. The number of hydrogen-bond acceptors (Lipinski definition) is 4. The highest BCUT2D eigenvalue weighted by Gasteiger charge is 2.20. The van der Waals surface area contributed by atoms with E-state index in [1.54, 1.807) is 31.2 Å². The molecule has 0 aliphatic carbocycles. The molecule has 1 aromatic carbocycles. The van der Waals surface area contributed by atoms with Gasteiger partial charge in [-0.05, 0) is 25.0 Å². The highest BCUT2D eigenvalue weighted by atomic mass is 32.2. The number of para-hydroxylation sites is 2. The first kappa shape index (κ1) is 15.4. The summed E-state index contributed by atoms with van der Waals surface area (Å²) < 4.78 is 32.9. The van der Waals surface area contributed by atoms with Gasteiger partial charge in [0.2, 0.25) is 0 Å². The third-order valence-corrected chi connectivity index (χ3v) is 4.26. The van der Waals surface area contributed by atoms with Crippen molar-refractivity contribution in [2.75, 3.05) is 11.3 Å². The van der Waals surface area contributed by atoms with Crippen molar-refractivity contribution in [1.82, 2.24) is 10.2 Å². The second-order valence-electron chi connectivity index (χ2n) is 5.17. The molecule has 114 valence electrons. The van der Waals surface area contributed by atoms with Gasteiger partial charge in [0.05, 0.1) is 24.2 Å². The van der Waals surface area contributed by atoms with E-state index in [-0.39, 0.29) is 4.90 Å². The summed E-state index contributed by atoms with van der Waals surface area (Å²) in [5.41, 5.74) is 0.904. The largest absolute Gasteiger partial charge is 0.491 e.